The van der Waals surface area contributed by atoms with E-state index in [0.717, 1.165) is 17.5 Å². The molecule has 3 aromatic rings. The Kier molecular flexibility index (Phi) is 7.62. The number of nitrogens with zero attached hydrogens (tertiary/aromatic N) is 2. The number of aliphatic hydroxyl groups is 1. The summed E-state index contributed by atoms with van der Waals surface area (Å²) in [6.45, 7) is 4.31. The first-order chi connectivity index (χ1) is 17.1. The molecule has 0 aliphatic carbocycles. The van der Waals surface area contributed by atoms with Gasteiger partial charge in [-0.05, 0) is 50.2 Å². The number of benzene rings is 1. The van der Waals surface area contributed by atoms with Crippen LogP contribution in [0.4, 0.5) is 0 Å². The molecule has 0 bridgehead atoms. The average molecular weight is 516 g/mol. The molecule has 2 aromatic heterocycles. The number of methoxy groups -OCH3 is 1. The molecule has 0 saturated heterocycles. The summed E-state index contributed by atoms with van der Waals surface area (Å²) in [5.41, 5.74) is 2.25. The van der Waals surface area contributed by atoms with E-state index in [9.17, 15) is 13.5 Å². The van der Waals surface area contributed by atoms with E-state index >= 15 is 0 Å². The molecule has 0 radical (unpaired) electrons. The molecule has 36 heavy (non-hydrogen) atoms. The molecule has 4 rings (SSSR count). The van der Waals surface area contributed by atoms with E-state index in [1.54, 1.807) is 26.2 Å². The second-order valence-electron chi connectivity index (χ2n) is 8.62. The number of pyridine rings is 1. The Bertz CT molecular complexity index is 1330. The van der Waals surface area contributed by atoms with Crippen molar-refractivity contribution >= 4 is 15.7 Å². The maximum absolute atomic E-state index is 11.7. The number of aromatic amines is 1. The van der Waals surface area contributed by atoms with E-state index in [1.165, 1.54) is 12.3 Å². The van der Waals surface area contributed by atoms with Crippen molar-refractivity contribution in [3.8, 4) is 28.5 Å². The monoisotopic (exact) mass is 515 g/mol. The van der Waals surface area contributed by atoms with Crippen LogP contribution in [0.3, 0.4) is 0 Å². The van der Waals surface area contributed by atoms with E-state index in [1.807, 2.05) is 31.2 Å². The van der Waals surface area contributed by atoms with Gasteiger partial charge >= 0.3 is 0 Å². The number of hydrogen-bond donors (Lipinski definition) is 2. The standard InChI is InChI=1S/C25H29N3O7S/c1-15(13-32-3)34-19-9-17(21-6-7-22(27-21)25-28-23(14-33-25)16(2)29)10-20(11-19)35-18-5-8-24(26-12-18)36(4,30)31/h5-12,15-16,23,27,29H,13-14H2,1-4H3/t15-,16+,23+/m0/s1. The lowest BCUT2D eigenvalue weighted by Crippen LogP contribution is -2.21. The van der Waals surface area contributed by atoms with Crippen molar-refractivity contribution in [2.24, 2.45) is 4.99 Å². The highest BCUT2D eigenvalue weighted by atomic mass is 32.2. The maximum atomic E-state index is 11.7. The Hall–Kier alpha value is -3.41. The van der Waals surface area contributed by atoms with Crippen molar-refractivity contribution in [3.63, 3.8) is 0 Å². The zero-order valence-electron chi connectivity index (χ0n) is 20.5. The van der Waals surface area contributed by atoms with Gasteiger partial charge in [0.2, 0.25) is 5.90 Å². The first-order valence-electron chi connectivity index (χ1n) is 11.4. The molecule has 1 aliphatic heterocycles. The van der Waals surface area contributed by atoms with Gasteiger partial charge in [-0.25, -0.2) is 18.4 Å². The highest BCUT2D eigenvalue weighted by Crippen LogP contribution is 2.33. The number of nitrogens with one attached hydrogen (secondary N) is 1. The molecular formula is C25H29N3O7S. The largest absolute Gasteiger partial charge is 0.488 e. The zero-order chi connectivity index (χ0) is 25.9. The van der Waals surface area contributed by atoms with Crippen LogP contribution in [0.25, 0.3) is 11.3 Å². The van der Waals surface area contributed by atoms with Gasteiger partial charge in [0, 0.05) is 30.7 Å². The quantitative estimate of drug-likeness (QED) is 0.421. The molecule has 1 aliphatic rings. The summed E-state index contributed by atoms with van der Waals surface area (Å²) in [5, 5.41) is 9.75. The molecule has 3 heterocycles. The fraction of sp³-hybridized carbons (Fsp3) is 0.360. The summed E-state index contributed by atoms with van der Waals surface area (Å²) in [7, 11) is -1.80. The van der Waals surface area contributed by atoms with Crippen molar-refractivity contribution in [1.82, 2.24) is 9.97 Å². The minimum absolute atomic E-state index is 0.0326. The number of aromatic nitrogens is 2. The van der Waals surface area contributed by atoms with Crippen molar-refractivity contribution in [2.45, 2.75) is 37.1 Å². The van der Waals surface area contributed by atoms with Crippen LogP contribution in [0.5, 0.6) is 17.2 Å². The molecule has 0 amide bonds. The zero-order valence-corrected chi connectivity index (χ0v) is 21.3. The Morgan fingerprint density at radius 3 is 2.50 bits per heavy atom. The predicted molar refractivity (Wildman–Crippen MR) is 134 cm³/mol. The van der Waals surface area contributed by atoms with E-state index in [2.05, 4.69) is 15.0 Å². The van der Waals surface area contributed by atoms with E-state index in [0.29, 0.717) is 42.1 Å². The first-order valence-corrected chi connectivity index (χ1v) is 13.2. The second kappa shape index (κ2) is 10.7. The summed E-state index contributed by atoms with van der Waals surface area (Å²) in [5.74, 6) is 1.86. The Balaban J connectivity index is 1.63. The van der Waals surface area contributed by atoms with Gasteiger partial charge in [0.25, 0.3) is 0 Å². The number of aliphatic imine (C=N–C) groups is 1. The van der Waals surface area contributed by atoms with Crippen LogP contribution in [-0.4, -0.2) is 74.2 Å². The smallest absolute Gasteiger partial charge is 0.233 e. The van der Waals surface area contributed by atoms with E-state index in [-0.39, 0.29) is 17.2 Å². The Morgan fingerprint density at radius 1 is 1.11 bits per heavy atom. The third-order valence-corrected chi connectivity index (χ3v) is 6.40. The topological polar surface area (TPSA) is 132 Å². The molecule has 0 unspecified atom stereocenters. The highest BCUT2D eigenvalue weighted by Gasteiger charge is 2.25. The van der Waals surface area contributed by atoms with E-state index in [4.69, 9.17) is 18.9 Å². The van der Waals surface area contributed by atoms with Gasteiger partial charge in [-0.2, -0.15) is 0 Å². The molecule has 0 fully saturated rings. The lowest BCUT2D eigenvalue weighted by atomic mass is 10.1. The highest BCUT2D eigenvalue weighted by molar-refractivity contribution is 7.90. The van der Waals surface area contributed by atoms with Gasteiger partial charge in [-0.3, -0.25) is 0 Å². The van der Waals surface area contributed by atoms with Gasteiger partial charge < -0.3 is 29.0 Å². The lowest BCUT2D eigenvalue weighted by molar-refractivity contribution is 0.0920. The van der Waals surface area contributed by atoms with Crippen molar-refractivity contribution in [3.05, 3.63) is 54.4 Å². The summed E-state index contributed by atoms with van der Waals surface area (Å²) >= 11 is 0. The molecule has 0 saturated carbocycles. The Morgan fingerprint density at radius 2 is 1.86 bits per heavy atom. The molecule has 192 valence electrons. The van der Waals surface area contributed by atoms with Gasteiger partial charge in [0.1, 0.15) is 41.7 Å². The van der Waals surface area contributed by atoms with Crippen LogP contribution in [0.1, 0.15) is 19.5 Å². The van der Waals surface area contributed by atoms with Gasteiger partial charge in [0.15, 0.2) is 14.9 Å². The van der Waals surface area contributed by atoms with Crippen LogP contribution in [0, 0.1) is 0 Å². The van der Waals surface area contributed by atoms with Crippen molar-refractivity contribution in [1.29, 1.82) is 0 Å². The molecule has 0 spiro atoms. The fourth-order valence-corrected chi connectivity index (χ4v) is 4.17. The Labute approximate surface area is 209 Å². The van der Waals surface area contributed by atoms with Crippen LogP contribution < -0.4 is 9.47 Å². The number of hydrogen-bond acceptors (Lipinski definition) is 9. The number of sulfone groups is 1. The average Bonchev–Trinajstić information content (AvgIpc) is 3.49. The van der Waals surface area contributed by atoms with Crippen LogP contribution in [0.2, 0.25) is 0 Å². The summed E-state index contributed by atoms with van der Waals surface area (Å²) in [6, 6.07) is 11.8. The van der Waals surface area contributed by atoms with Gasteiger partial charge in [-0.15, -0.1) is 0 Å². The summed E-state index contributed by atoms with van der Waals surface area (Å²) in [4.78, 5) is 11.7. The number of rotatable bonds is 10. The van der Waals surface area contributed by atoms with Crippen LogP contribution in [0.15, 0.2) is 58.7 Å². The third kappa shape index (κ3) is 6.23. The molecule has 1 aromatic carbocycles. The molecule has 10 nitrogen and oxygen atoms in total. The maximum Gasteiger partial charge on any atom is 0.233 e. The lowest BCUT2D eigenvalue weighted by Gasteiger charge is -2.16. The first kappa shape index (κ1) is 25.7. The molecule has 11 heteroatoms. The number of aliphatic hydroxyl groups excluding tert-OH is 1. The van der Waals surface area contributed by atoms with Crippen molar-refractivity contribution in [2.75, 3.05) is 26.6 Å². The van der Waals surface area contributed by atoms with Crippen LogP contribution >= 0.6 is 0 Å². The van der Waals surface area contributed by atoms with Gasteiger partial charge in [-0.1, -0.05) is 0 Å². The summed E-state index contributed by atoms with van der Waals surface area (Å²) < 4.78 is 46.2. The minimum atomic E-state index is -3.41. The number of ether oxygens (including phenoxy) is 4. The minimum Gasteiger partial charge on any atom is -0.488 e. The number of H-pyrrole nitrogens is 1. The second-order valence-corrected chi connectivity index (χ2v) is 10.6. The van der Waals surface area contributed by atoms with E-state index < -0.39 is 15.9 Å². The normalized spacial score (nSPS) is 17.2. The fourth-order valence-electron chi connectivity index (χ4n) is 3.61. The van der Waals surface area contributed by atoms with Crippen molar-refractivity contribution < 1.29 is 32.5 Å². The summed E-state index contributed by atoms with van der Waals surface area (Å²) in [6.07, 6.45) is 1.66. The molecular weight excluding hydrogens is 486 g/mol. The van der Waals surface area contributed by atoms with Gasteiger partial charge in [0.05, 0.1) is 18.9 Å². The SMILES string of the molecule is COC[C@H](C)Oc1cc(Oc2ccc(S(C)(=O)=O)nc2)cc(-c2ccc(C3=N[C@@H]([C@@H](C)O)CO3)[nH]2)c1. The van der Waals surface area contributed by atoms with Crippen LogP contribution in [-0.2, 0) is 19.3 Å². The molecule has 2 N–H and O–H groups in total. The molecule has 3 atom stereocenters. The third-order valence-electron chi connectivity index (χ3n) is 5.40. The predicted octanol–water partition coefficient (Wildman–Crippen LogP) is 3.21.